The summed E-state index contributed by atoms with van der Waals surface area (Å²) in [4.78, 5) is 38.0. The normalized spacial score (nSPS) is 15.6. The molecule has 0 saturated carbocycles. The Morgan fingerprint density at radius 1 is 1.13 bits per heavy atom. The van der Waals surface area contributed by atoms with Gasteiger partial charge in [-0.25, -0.2) is 4.79 Å². The molecule has 1 unspecified atom stereocenters. The zero-order valence-electron chi connectivity index (χ0n) is 17.1. The fourth-order valence-corrected chi connectivity index (χ4v) is 3.21. The fourth-order valence-electron chi connectivity index (χ4n) is 3.21. The van der Waals surface area contributed by atoms with Gasteiger partial charge in [-0.2, -0.15) is 0 Å². The lowest BCUT2D eigenvalue weighted by molar-refractivity contribution is -0.142. The Morgan fingerprint density at radius 3 is 2.63 bits per heavy atom. The van der Waals surface area contributed by atoms with Crippen LogP contribution in [0.3, 0.4) is 0 Å². The summed E-state index contributed by atoms with van der Waals surface area (Å²) >= 11 is 0. The maximum absolute atomic E-state index is 12.7. The van der Waals surface area contributed by atoms with Gasteiger partial charge in [-0.3, -0.25) is 9.59 Å². The second kappa shape index (κ2) is 9.30. The highest BCUT2D eigenvalue weighted by Gasteiger charge is 2.35. The molecule has 2 amide bonds. The number of carbonyl (C=O) groups is 3. The molecular weight excluding hydrogens is 388 g/mol. The molecule has 0 radical (unpaired) electrons. The monoisotopic (exact) mass is 412 g/mol. The standard InChI is InChI=1S/C22H24N2O6/c1-14-9-18(30-13-21(26)29-3)7-8-19(14)23-22(27)15-10-20(25)24(12-15)16-5-4-6-17(11-16)28-2/h4-9,11,15H,10,12-13H2,1-3H3,(H,23,27). The van der Waals surface area contributed by atoms with Crippen LogP contribution in [0.5, 0.6) is 11.5 Å². The number of hydrogen-bond acceptors (Lipinski definition) is 6. The second-order valence-electron chi connectivity index (χ2n) is 6.94. The smallest absolute Gasteiger partial charge is 0.343 e. The van der Waals surface area contributed by atoms with E-state index >= 15 is 0 Å². The third kappa shape index (κ3) is 4.89. The SMILES string of the molecule is COC(=O)COc1ccc(NC(=O)C2CC(=O)N(c3cccc(OC)c3)C2)c(C)c1. The molecule has 8 nitrogen and oxygen atoms in total. The molecule has 1 aliphatic heterocycles. The number of hydrogen-bond donors (Lipinski definition) is 1. The number of rotatable bonds is 7. The van der Waals surface area contributed by atoms with E-state index in [2.05, 4.69) is 10.1 Å². The van der Waals surface area contributed by atoms with Gasteiger partial charge in [-0.1, -0.05) is 6.07 Å². The van der Waals surface area contributed by atoms with Crippen molar-refractivity contribution in [3.05, 3.63) is 48.0 Å². The van der Waals surface area contributed by atoms with Gasteiger partial charge < -0.3 is 24.4 Å². The van der Waals surface area contributed by atoms with Gasteiger partial charge in [0.05, 0.1) is 20.1 Å². The molecular formula is C22H24N2O6. The number of amides is 2. The predicted octanol–water partition coefficient (Wildman–Crippen LogP) is 2.55. The second-order valence-corrected chi connectivity index (χ2v) is 6.94. The van der Waals surface area contributed by atoms with E-state index in [1.165, 1.54) is 7.11 Å². The first-order valence-electron chi connectivity index (χ1n) is 9.47. The van der Waals surface area contributed by atoms with E-state index in [4.69, 9.17) is 9.47 Å². The number of methoxy groups -OCH3 is 2. The van der Waals surface area contributed by atoms with Gasteiger partial charge in [0.2, 0.25) is 11.8 Å². The molecule has 1 fully saturated rings. The van der Waals surface area contributed by atoms with Gasteiger partial charge in [-0.15, -0.1) is 0 Å². The van der Waals surface area contributed by atoms with Crippen LogP contribution in [0.25, 0.3) is 0 Å². The van der Waals surface area contributed by atoms with Crippen molar-refractivity contribution in [3.63, 3.8) is 0 Å². The fraction of sp³-hybridized carbons (Fsp3) is 0.318. The number of nitrogens with one attached hydrogen (secondary N) is 1. The molecule has 158 valence electrons. The Kier molecular flexibility index (Phi) is 6.56. The Balaban J connectivity index is 1.63. The van der Waals surface area contributed by atoms with E-state index in [0.717, 1.165) is 5.56 Å². The zero-order valence-corrected chi connectivity index (χ0v) is 17.1. The van der Waals surface area contributed by atoms with E-state index in [-0.39, 0.29) is 24.8 Å². The highest BCUT2D eigenvalue weighted by molar-refractivity contribution is 6.03. The largest absolute Gasteiger partial charge is 0.497 e. The van der Waals surface area contributed by atoms with E-state index in [9.17, 15) is 14.4 Å². The summed E-state index contributed by atoms with van der Waals surface area (Å²) in [6, 6.07) is 12.3. The van der Waals surface area contributed by atoms with Gasteiger partial charge in [-0.05, 0) is 42.8 Å². The molecule has 0 aromatic heterocycles. The highest BCUT2D eigenvalue weighted by atomic mass is 16.6. The van der Waals surface area contributed by atoms with E-state index in [1.807, 2.05) is 19.1 Å². The van der Waals surface area contributed by atoms with Crippen molar-refractivity contribution in [2.75, 3.05) is 37.6 Å². The molecule has 1 saturated heterocycles. The first-order valence-corrected chi connectivity index (χ1v) is 9.47. The molecule has 1 aliphatic rings. The molecule has 30 heavy (non-hydrogen) atoms. The average Bonchev–Trinajstić information content (AvgIpc) is 3.15. The minimum absolute atomic E-state index is 0.105. The van der Waals surface area contributed by atoms with E-state index in [1.54, 1.807) is 42.3 Å². The Hall–Kier alpha value is -3.55. The molecule has 2 aromatic rings. The number of esters is 1. The molecule has 0 bridgehead atoms. The maximum Gasteiger partial charge on any atom is 0.343 e. The Bertz CT molecular complexity index is 958. The topological polar surface area (TPSA) is 94.2 Å². The van der Waals surface area contributed by atoms with Gasteiger partial charge in [0, 0.05) is 30.4 Å². The third-order valence-corrected chi connectivity index (χ3v) is 4.90. The molecule has 1 N–H and O–H groups in total. The van der Waals surface area contributed by atoms with Gasteiger partial charge >= 0.3 is 5.97 Å². The van der Waals surface area contributed by atoms with Crippen molar-refractivity contribution in [1.82, 2.24) is 0 Å². The number of carbonyl (C=O) groups excluding carboxylic acids is 3. The lowest BCUT2D eigenvalue weighted by Crippen LogP contribution is -2.28. The number of ether oxygens (including phenoxy) is 3. The van der Waals surface area contributed by atoms with Gasteiger partial charge in [0.15, 0.2) is 6.61 Å². The number of anilines is 2. The van der Waals surface area contributed by atoms with Crippen molar-refractivity contribution in [3.8, 4) is 11.5 Å². The van der Waals surface area contributed by atoms with Crippen LogP contribution in [-0.2, 0) is 19.1 Å². The summed E-state index contributed by atoms with van der Waals surface area (Å²) < 4.78 is 15.1. The van der Waals surface area contributed by atoms with Crippen molar-refractivity contribution in [2.45, 2.75) is 13.3 Å². The first-order chi connectivity index (χ1) is 14.4. The molecule has 2 aromatic carbocycles. The summed E-state index contributed by atoms with van der Waals surface area (Å²) in [5.74, 6) is -0.115. The highest BCUT2D eigenvalue weighted by Crippen LogP contribution is 2.29. The Labute approximate surface area is 174 Å². The van der Waals surface area contributed by atoms with Crippen molar-refractivity contribution in [2.24, 2.45) is 5.92 Å². The molecule has 0 aliphatic carbocycles. The number of nitrogens with zero attached hydrogens (tertiary/aromatic N) is 1. The summed E-state index contributed by atoms with van der Waals surface area (Å²) in [6.45, 7) is 1.94. The van der Waals surface area contributed by atoms with Crippen LogP contribution in [-0.4, -0.2) is 45.2 Å². The maximum atomic E-state index is 12.7. The van der Waals surface area contributed by atoms with Gasteiger partial charge in [0.25, 0.3) is 0 Å². The van der Waals surface area contributed by atoms with Crippen LogP contribution in [0.15, 0.2) is 42.5 Å². The Morgan fingerprint density at radius 2 is 1.93 bits per heavy atom. The van der Waals surface area contributed by atoms with Crippen LogP contribution >= 0.6 is 0 Å². The van der Waals surface area contributed by atoms with E-state index < -0.39 is 11.9 Å². The minimum atomic E-state index is -0.475. The summed E-state index contributed by atoms with van der Waals surface area (Å²) in [5, 5.41) is 2.88. The minimum Gasteiger partial charge on any atom is -0.497 e. The van der Waals surface area contributed by atoms with Crippen LogP contribution in [0, 0.1) is 12.8 Å². The molecule has 1 atom stereocenters. The lowest BCUT2D eigenvalue weighted by atomic mass is 10.1. The molecule has 0 spiro atoms. The molecule has 1 heterocycles. The quantitative estimate of drug-likeness (QED) is 0.703. The van der Waals surface area contributed by atoms with Crippen LogP contribution in [0.1, 0.15) is 12.0 Å². The summed E-state index contributed by atoms with van der Waals surface area (Å²) in [6.07, 6.45) is 0.141. The lowest BCUT2D eigenvalue weighted by Gasteiger charge is -2.18. The van der Waals surface area contributed by atoms with Crippen LogP contribution < -0.4 is 19.7 Å². The average molecular weight is 412 g/mol. The number of aryl methyl sites for hydroxylation is 1. The predicted molar refractivity (Wildman–Crippen MR) is 111 cm³/mol. The third-order valence-electron chi connectivity index (χ3n) is 4.90. The van der Waals surface area contributed by atoms with Crippen molar-refractivity contribution < 1.29 is 28.6 Å². The van der Waals surface area contributed by atoms with Crippen molar-refractivity contribution in [1.29, 1.82) is 0 Å². The number of benzene rings is 2. The molecule has 3 rings (SSSR count). The van der Waals surface area contributed by atoms with Crippen LogP contribution in [0.2, 0.25) is 0 Å². The van der Waals surface area contributed by atoms with Gasteiger partial charge in [0.1, 0.15) is 11.5 Å². The van der Waals surface area contributed by atoms with E-state index in [0.29, 0.717) is 29.4 Å². The van der Waals surface area contributed by atoms with Crippen molar-refractivity contribution >= 4 is 29.2 Å². The molecule has 8 heteroatoms. The first kappa shape index (κ1) is 21.2. The van der Waals surface area contributed by atoms with Crippen LogP contribution in [0.4, 0.5) is 11.4 Å². The summed E-state index contributed by atoms with van der Waals surface area (Å²) in [5.41, 5.74) is 2.11. The zero-order chi connectivity index (χ0) is 21.7. The summed E-state index contributed by atoms with van der Waals surface area (Å²) in [7, 11) is 2.86.